The van der Waals surface area contributed by atoms with Gasteiger partial charge in [-0.15, -0.1) is 35.3 Å². The van der Waals surface area contributed by atoms with Gasteiger partial charge in [-0.2, -0.15) is 0 Å². The summed E-state index contributed by atoms with van der Waals surface area (Å²) in [6.45, 7) is 11.6. The number of aliphatic hydroxyl groups excluding tert-OH is 1. The molecule has 0 radical (unpaired) electrons. The van der Waals surface area contributed by atoms with Crippen LogP contribution in [0, 0.1) is 5.41 Å². The van der Waals surface area contributed by atoms with E-state index in [9.17, 15) is 5.11 Å². The Morgan fingerprint density at radius 1 is 1.25 bits per heavy atom. The van der Waals surface area contributed by atoms with Crippen LogP contribution in [0.2, 0.25) is 0 Å². The van der Waals surface area contributed by atoms with Crippen molar-refractivity contribution in [2.24, 2.45) is 10.4 Å². The van der Waals surface area contributed by atoms with Crippen LogP contribution in [-0.4, -0.2) is 55.3 Å². The van der Waals surface area contributed by atoms with Crippen molar-refractivity contribution in [3.05, 3.63) is 22.4 Å². The number of hydrogen-bond acceptors (Lipinski definition) is 4. The van der Waals surface area contributed by atoms with Crippen molar-refractivity contribution < 1.29 is 5.11 Å². The average Bonchev–Trinajstić information content (AvgIpc) is 3.40. The Bertz CT molecular complexity index is 543. The topological polar surface area (TPSA) is 59.9 Å². The van der Waals surface area contributed by atoms with Crippen LogP contribution in [0.1, 0.15) is 63.8 Å². The predicted molar refractivity (Wildman–Crippen MR) is 132 cm³/mol. The van der Waals surface area contributed by atoms with E-state index < -0.39 is 0 Å². The van der Waals surface area contributed by atoms with E-state index in [1.807, 2.05) is 11.3 Å². The van der Waals surface area contributed by atoms with E-state index in [4.69, 9.17) is 4.99 Å². The number of aliphatic imine (C=N–C) groups is 1. The fraction of sp³-hybridized carbons (Fsp3) is 0.762. The number of likely N-dealkylation sites (tertiary alicyclic amines) is 1. The van der Waals surface area contributed by atoms with Gasteiger partial charge >= 0.3 is 0 Å². The maximum Gasteiger partial charge on any atom is 0.191 e. The Hall–Kier alpha value is -0.380. The lowest BCUT2D eigenvalue weighted by molar-refractivity contribution is 0.175. The van der Waals surface area contributed by atoms with E-state index in [-0.39, 0.29) is 36.0 Å². The van der Waals surface area contributed by atoms with E-state index in [0.717, 1.165) is 44.9 Å². The third kappa shape index (κ3) is 7.46. The van der Waals surface area contributed by atoms with Gasteiger partial charge in [-0.3, -0.25) is 9.89 Å². The molecule has 5 nitrogen and oxygen atoms in total. The smallest absolute Gasteiger partial charge is 0.191 e. The van der Waals surface area contributed by atoms with Gasteiger partial charge in [0, 0.05) is 31.1 Å². The van der Waals surface area contributed by atoms with Crippen LogP contribution in [0.3, 0.4) is 0 Å². The standard InChI is InChI=1S/C21H38N4OS.HI/c1-4-21(5-2,11-14-26)17-24-20(22-6-3)23-16-18(19-10-9-15-27-19)25-12-7-8-13-25;/h9-10,15,18,26H,4-8,11-14,16-17H2,1-3H3,(H2,22,23,24);1H. The van der Waals surface area contributed by atoms with Crippen molar-refractivity contribution in [3.8, 4) is 0 Å². The van der Waals surface area contributed by atoms with Crippen molar-refractivity contribution in [2.75, 3.05) is 39.3 Å². The van der Waals surface area contributed by atoms with Crippen molar-refractivity contribution >= 4 is 41.3 Å². The van der Waals surface area contributed by atoms with Gasteiger partial charge in [-0.1, -0.05) is 19.9 Å². The predicted octanol–water partition coefficient (Wildman–Crippen LogP) is 4.25. The first-order chi connectivity index (χ1) is 13.2. The highest BCUT2D eigenvalue weighted by Crippen LogP contribution is 2.31. The molecule has 0 saturated carbocycles. The first-order valence-corrected chi connectivity index (χ1v) is 11.5. The summed E-state index contributed by atoms with van der Waals surface area (Å²) in [6, 6.07) is 4.81. The highest BCUT2D eigenvalue weighted by molar-refractivity contribution is 14.0. The lowest BCUT2D eigenvalue weighted by atomic mass is 9.79. The molecule has 1 saturated heterocycles. The summed E-state index contributed by atoms with van der Waals surface area (Å²) in [5.74, 6) is 0.891. The number of halogens is 1. The van der Waals surface area contributed by atoms with Crippen LogP contribution >= 0.6 is 35.3 Å². The molecule has 2 rings (SSSR count). The maximum absolute atomic E-state index is 9.45. The molecule has 2 heterocycles. The molecule has 1 aliphatic heterocycles. The molecule has 7 heteroatoms. The van der Waals surface area contributed by atoms with Gasteiger partial charge in [0.2, 0.25) is 0 Å². The molecule has 0 amide bonds. The molecule has 162 valence electrons. The first kappa shape index (κ1) is 25.7. The fourth-order valence-corrected chi connectivity index (χ4v) is 4.73. The molecular weight excluding hydrogens is 483 g/mol. The van der Waals surface area contributed by atoms with Gasteiger partial charge < -0.3 is 15.7 Å². The van der Waals surface area contributed by atoms with Crippen molar-refractivity contribution in [2.45, 2.75) is 58.9 Å². The Labute approximate surface area is 192 Å². The molecular formula is C21H39IN4OS. The molecule has 0 aliphatic carbocycles. The third-order valence-corrected chi connectivity index (χ3v) is 6.95. The van der Waals surface area contributed by atoms with Gasteiger partial charge in [0.15, 0.2) is 5.96 Å². The second-order valence-corrected chi connectivity index (χ2v) is 8.51. The van der Waals surface area contributed by atoms with Crippen LogP contribution in [-0.2, 0) is 0 Å². The highest BCUT2D eigenvalue weighted by Gasteiger charge is 2.26. The first-order valence-electron chi connectivity index (χ1n) is 10.6. The van der Waals surface area contributed by atoms with Crippen LogP contribution < -0.4 is 10.6 Å². The van der Waals surface area contributed by atoms with E-state index >= 15 is 0 Å². The number of hydrogen-bond donors (Lipinski definition) is 3. The summed E-state index contributed by atoms with van der Waals surface area (Å²) in [7, 11) is 0. The van der Waals surface area contributed by atoms with E-state index in [1.165, 1.54) is 30.8 Å². The lowest BCUT2D eigenvalue weighted by Gasteiger charge is -2.30. The van der Waals surface area contributed by atoms with Crippen molar-refractivity contribution in [3.63, 3.8) is 0 Å². The molecule has 0 spiro atoms. The van der Waals surface area contributed by atoms with Gasteiger partial charge in [-0.25, -0.2) is 0 Å². The van der Waals surface area contributed by atoms with Crippen molar-refractivity contribution in [1.29, 1.82) is 0 Å². The molecule has 1 unspecified atom stereocenters. The SMILES string of the molecule is CCNC(=NCC(CC)(CC)CCO)NCC(c1cccs1)N1CCCC1.I. The molecule has 28 heavy (non-hydrogen) atoms. The number of nitrogens with zero attached hydrogens (tertiary/aromatic N) is 2. The van der Waals surface area contributed by atoms with Gasteiger partial charge in [0.25, 0.3) is 0 Å². The van der Waals surface area contributed by atoms with Gasteiger partial charge in [0.1, 0.15) is 0 Å². The average molecular weight is 523 g/mol. The van der Waals surface area contributed by atoms with Crippen LogP contribution in [0.4, 0.5) is 0 Å². The number of nitrogens with one attached hydrogen (secondary N) is 2. The Kier molecular flexibility index (Phi) is 12.6. The zero-order chi connectivity index (χ0) is 19.5. The summed E-state index contributed by atoms with van der Waals surface area (Å²) in [5, 5.41) is 18.6. The minimum absolute atomic E-state index is 0. The van der Waals surface area contributed by atoms with E-state index in [0.29, 0.717) is 6.04 Å². The summed E-state index contributed by atoms with van der Waals surface area (Å²) < 4.78 is 0. The second-order valence-electron chi connectivity index (χ2n) is 7.53. The lowest BCUT2D eigenvalue weighted by Crippen LogP contribution is -2.43. The minimum Gasteiger partial charge on any atom is -0.396 e. The van der Waals surface area contributed by atoms with E-state index in [1.54, 1.807) is 0 Å². The molecule has 1 atom stereocenters. The number of thiophene rings is 1. The van der Waals surface area contributed by atoms with Crippen molar-refractivity contribution in [1.82, 2.24) is 15.5 Å². The molecule has 0 bridgehead atoms. The summed E-state index contributed by atoms with van der Waals surface area (Å²) in [4.78, 5) is 8.92. The molecule has 3 N–H and O–H groups in total. The fourth-order valence-electron chi connectivity index (χ4n) is 3.87. The molecule has 1 aliphatic rings. The van der Waals surface area contributed by atoms with E-state index in [2.05, 4.69) is 53.8 Å². The number of aliphatic hydroxyl groups is 1. The summed E-state index contributed by atoms with van der Waals surface area (Å²) in [6.07, 6.45) is 5.49. The number of guanidine groups is 1. The molecule has 1 aromatic rings. The maximum atomic E-state index is 9.45. The van der Waals surface area contributed by atoms with Crippen LogP contribution in [0.25, 0.3) is 0 Å². The molecule has 0 aromatic carbocycles. The van der Waals surface area contributed by atoms with Gasteiger partial charge in [0.05, 0.1) is 6.04 Å². The largest absolute Gasteiger partial charge is 0.396 e. The summed E-state index contributed by atoms with van der Waals surface area (Å²) in [5.41, 5.74) is 0.0964. The summed E-state index contributed by atoms with van der Waals surface area (Å²) >= 11 is 1.84. The Balaban J connectivity index is 0.00000392. The zero-order valence-electron chi connectivity index (χ0n) is 17.7. The normalized spacial score (nSPS) is 16.6. The van der Waals surface area contributed by atoms with Crippen LogP contribution in [0.5, 0.6) is 0 Å². The second kappa shape index (κ2) is 13.8. The zero-order valence-corrected chi connectivity index (χ0v) is 20.9. The highest BCUT2D eigenvalue weighted by atomic mass is 127. The third-order valence-electron chi connectivity index (χ3n) is 5.97. The number of rotatable bonds is 11. The quantitative estimate of drug-likeness (QED) is 0.231. The monoisotopic (exact) mass is 522 g/mol. The van der Waals surface area contributed by atoms with Crippen LogP contribution in [0.15, 0.2) is 22.5 Å². The molecule has 1 aromatic heterocycles. The Morgan fingerprint density at radius 3 is 2.50 bits per heavy atom. The minimum atomic E-state index is 0. The molecule has 1 fully saturated rings. The Morgan fingerprint density at radius 2 is 1.96 bits per heavy atom. The van der Waals surface area contributed by atoms with Gasteiger partial charge in [-0.05, 0) is 69.0 Å².